The predicted molar refractivity (Wildman–Crippen MR) is 99.5 cm³/mol. The number of nitrogens with one attached hydrogen (secondary N) is 1. The summed E-state index contributed by atoms with van der Waals surface area (Å²) in [4.78, 5) is 36.3. The number of anilines is 1. The minimum Gasteiger partial charge on any atom is -0.269 e. The highest BCUT2D eigenvalue weighted by molar-refractivity contribution is 6.28. The van der Waals surface area contributed by atoms with E-state index in [1.807, 2.05) is 36.4 Å². The van der Waals surface area contributed by atoms with Gasteiger partial charge in [-0.05, 0) is 35.9 Å². The Balaban J connectivity index is 1.57. The number of amides is 3. The Kier molecular flexibility index (Phi) is 5.14. The summed E-state index contributed by atoms with van der Waals surface area (Å²) in [5.74, 6) is -1.19. The van der Waals surface area contributed by atoms with Crippen LogP contribution in [0.3, 0.4) is 0 Å². The molecule has 0 unspecified atom stereocenters. The van der Waals surface area contributed by atoms with Crippen LogP contribution in [0.4, 0.5) is 5.69 Å². The largest absolute Gasteiger partial charge is 0.271 e. The van der Waals surface area contributed by atoms with Crippen molar-refractivity contribution in [2.24, 2.45) is 5.10 Å². The van der Waals surface area contributed by atoms with Gasteiger partial charge in [-0.15, -0.1) is 0 Å². The molecule has 1 aliphatic rings. The molecule has 0 atom stereocenters. The Bertz CT molecular complexity index is 895. The quantitative estimate of drug-likeness (QED) is 0.514. The van der Waals surface area contributed by atoms with Gasteiger partial charge in [0.05, 0.1) is 5.69 Å². The van der Waals surface area contributed by atoms with E-state index in [0.29, 0.717) is 11.3 Å². The van der Waals surface area contributed by atoms with Gasteiger partial charge < -0.3 is 0 Å². The van der Waals surface area contributed by atoms with Gasteiger partial charge >= 0.3 is 0 Å². The summed E-state index contributed by atoms with van der Waals surface area (Å²) in [6.07, 6.45) is 7.48. The number of allylic oxidation sites excluding steroid dienone is 1. The highest BCUT2D eigenvalue weighted by Crippen LogP contribution is 2.19. The van der Waals surface area contributed by atoms with Crippen molar-refractivity contribution >= 4 is 35.7 Å². The van der Waals surface area contributed by atoms with Gasteiger partial charge in [0.1, 0.15) is 0 Å². The van der Waals surface area contributed by atoms with Crippen LogP contribution < -0.4 is 10.3 Å². The molecule has 0 aliphatic carbocycles. The van der Waals surface area contributed by atoms with E-state index in [1.54, 1.807) is 6.08 Å². The number of hydrogen-bond donors (Lipinski definition) is 1. The number of benzene rings is 2. The summed E-state index contributed by atoms with van der Waals surface area (Å²) in [6, 6.07) is 15.8. The highest BCUT2D eigenvalue weighted by atomic mass is 16.2. The molecule has 2 aromatic carbocycles. The molecule has 6 nitrogen and oxygen atoms in total. The maximum Gasteiger partial charge on any atom is 0.271 e. The molecule has 1 N–H and O–H groups in total. The topological polar surface area (TPSA) is 78.8 Å². The fourth-order valence-electron chi connectivity index (χ4n) is 2.34. The lowest BCUT2D eigenvalue weighted by Crippen LogP contribution is -2.29. The molecule has 3 amide bonds. The normalized spacial score (nSPS) is 13.9. The zero-order chi connectivity index (χ0) is 18.4. The summed E-state index contributed by atoms with van der Waals surface area (Å²) >= 11 is 0. The maximum absolute atomic E-state index is 12.0. The molecule has 0 fully saturated rings. The van der Waals surface area contributed by atoms with Crippen LogP contribution in [0.2, 0.25) is 0 Å². The first-order valence-corrected chi connectivity index (χ1v) is 7.86. The number of imide groups is 1. The van der Waals surface area contributed by atoms with Crippen molar-refractivity contribution in [1.82, 2.24) is 5.43 Å². The van der Waals surface area contributed by atoms with Crippen molar-refractivity contribution in [2.45, 2.75) is 0 Å². The summed E-state index contributed by atoms with van der Waals surface area (Å²) in [5.41, 5.74) is 4.22. The molecule has 26 heavy (non-hydrogen) atoms. The van der Waals surface area contributed by atoms with E-state index in [4.69, 9.17) is 0 Å². The van der Waals surface area contributed by atoms with Crippen molar-refractivity contribution in [2.75, 3.05) is 4.90 Å². The Morgan fingerprint density at radius 3 is 2.23 bits per heavy atom. The van der Waals surface area contributed by atoms with E-state index in [2.05, 4.69) is 10.5 Å². The molecular weight excluding hydrogens is 330 g/mol. The number of hydrazone groups is 1. The van der Waals surface area contributed by atoms with E-state index in [1.165, 1.54) is 42.6 Å². The van der Waals surface area contributed by atoms with Gasteiger partial charge in [0.25, 0.3) is 17.7 Å². The van der Waals surface area contributed by atoms with Crippen LogP contribution in [0.15, 0.2) is 77.9 Å². The second-order valence-electron chi connectivity index (χ2n) is 5.38. The van der Waals surface area contributed by atoms with Crippen molar-refractivity contribution < 1.29 is 14.4 Å². The van der Waals surface area contributed by atoms with Crippen LogP contribution in [0, 0.1) is 0 Å². The average molecular weight is 345 g/mol. The number of carbonyl (C=O) groups excluding carboxylic acids is 3. The predicted octanol–water partition coefficient (Wildman–Crippen LogP) is 2.55. The molecule has 0 bridgehead atoms. The molecule has 2 aromatic rings. The number of nitrogens with zero attached hydrogens (tertiary/aromatic N) is 2. The van der Waals surface area contributed by atoms with Crippen LogP contribution >= 0.6 is 0 Å². The number of hydrogen-bond acceptors (Lipinski definition) is 4. The first kappa shape index (κ1) is 17.0. The lowest BCUT2D eigenvalue weighted by atomic mass is 10.2. The third-order valence-electron chi connectivity index (χ3n) is 3.61. The SMILES string of the molecule is O=C(N/N=C/C=C/c1ccccc1)c1ccc(N2C(=O)C=CC2=O)cc1. The number of carbonyl (C=O) groups is 3. The zero-order valence-electron chi connectivity index (χ0n) is 13.7. The van der Waals surface area contributed by atoms with Gasteiger partial charge in [-0.2, -0.15) is 5.10 Å². The van der Waals surface area contributed by atoms with Crippen molar-refractivity contribution in [3.8, 4) is 0 Å². The van der Waals surface area contributed by atoms with Gasteiger partial charge in [0.2, 0.25) is 0 Å². The summed E-state index contributed by atoms with van der Waals surface area (Å²) < 4.78 is 0. The fraction of sp³-hybridized carbons (Fsp3) is 0. The monoisotopic (exact) mass is 345 g/mol. The first-order valence-electron chi connectivity index (χ1n) is 7.86. The molecule has 1 aliphatic heterocycles. The Morgan fingerprint density at radius 1 is 0.923 bits per heavy atom. The second-order valence-corrected chi connectivity index (χ2v) is 5.38. The van der Waals surface area contributed by atoms with E-state index in [-0.39, 0.29) is 0 Å². The molecule has 0 radical (unpaired) electrons. The lowest BCUT2D eigenvalue weighted by molar-refractivity contribution is -0.119. The Hall–Kier alpha value is -3.80. The molecule has 0 spiro atoms. The van der Waals surface area contributed by atoms with Gasteiger partial charge in [-0.1, -0.05) is 36.4 Å². The second kappa shape index (κ2) is 7.85. The molecule has 6 heteroatoms. The molecular formula is C20H15N3O3. The van der Waals surface area contributed by atoms with Gasteiger partial charge in [-0.25, -0.2) is 10.3 Å². The van der Waals surface area contributed by atoms with E-state index in [9.17, 15) is 14.4 Å². The highest BCUT2D eigenvalue weighted by Gasteiger charge is 2.24. The zero-order valence-corrected chi connectivity index (χ0v) is 13.7. The Morgan fingerprint density at radius 2 is 1.58 bits per heavy atom. The molecule has 0 aromatic heterocycles. The van der Waals surface area contributed by atoms with E-state index >= 15 is 0 Å². The van der Waals surface area contributed by atoms with Gasteiger partial charge in [0.15, 0.2) is 0 Å². The summed E-state index contributed by atoms with van der Waals surface area (Å²) in [6.45, 7) is 0. The van der Waals surface area contributed by atoms with Crippen LogP contribution in [0.5, 0.6) is 0 Å². The lowest BCUT2D eigenvalue weighted by Gasteiger charge is -2.13. The van der Waals surface area contributed by atoms with E-state index in [0.717, 1.165) is 10.5 Å². The van der Waals surface area contributed by atoms with Crippen molar-refractivity contribution in [1.29, 1.82) is 0 Å². The van der Waals surface area contributed by atoms with Crippen LogP contribution in [-0.2, 0) is 9.59 Å². The van der Waals surface area contributed by atoms with Crippen LogP contribution in [0.25, 0.3) is 6.08 Å². The summed E-state index contributed by atoms with van der Waals surface area (Å²) in [7, 11) is 0. The van der Waals surface area contributed by atoms with Crippen molar-refractivity contribution in [3.63, 3.8) is 0 Å². The molecule has 3 rings (SSSR count). The Labute approximate surface area is 150 Å². The summed E-state index contributed by atoms with van der Waals surface area (Å²) in [5, 5.41) is 3.85. The number of rotatable bonds is 5. The van der Waals surface area contributed by atoms with Crippen LogP contribution in [0.1, 0.15) is 15.9 Å². The molecule has 128 valence electrons. The third kappa shape index (κ3) is 3.99. The first-order chi connectivity index (χ1) is 12.6. The minimum atomic E-state index is -0.401. The van der Waals surface area contributed by atoms with Crippen LogP contribution in [-0.4, -0.2) is 23.9 Å². The molecule has 0 saturated carbocycles. The minimum absolute atomic E-state index is 0.366. The van der Waals surface area contributed by atoms with Crippen molar-refractivity contribution in [3.05, 3.63) is 84.0 Å². The van der Waals surface area contributed by atoms with E-state index < -0.39 is 17.7 Å². The molecule has 0 saturated heterocycles. The maximum atomic E-state index is 12.0. The third-order valence-corrected chi connectivity index (χ3v) is 3.61. The smallest absolute Gasteiger partial charge is 0.269 e. The van der Waals surface area contributed by atoms with Gasteiger partial charge in [-0.3, -0.25) is 14.4 Å². The average Bonchev–Trinajstić information content (AvgIpc) is 3.00. The fourth-order valence-corrected chi connectivity index (χ4v) is 2.34. The molecule has 1 heterocycles. The van der Waals surface area contributed by atoms with Gasteiger partial charge in [0, 0.05) is 23.9 Å². The standard InChI is InChI=1S/C20H15N3O3/c24-18-12-13-19(25)23(18)17-10-8-16(9-11-17)20(26)22-21-14-4-7-15-5-2-1-3-6-15/h1-14H,(H,22,26)/b7-4+,21-14+.